The molecule has 21 heavy (non-hydrogen) atoms. The fourth-order valence-electron chi connectivity index (χ4n) is 1.85. The highest BCUT2D eigenvalue weighted by Gasteiger charge is 2.20. The summed E-state index contributed by atoms with van der Waals surface area (Å²) in [5.41, 5.74) is 2.60. The zero-order valence-corrected chi connectivity index (χ0v) is 12.8. The number of nitrogens with zero attached hydrogens (tertiary/aromatic N) is 4. The van der Waals surface area contributed by atoms with Gasteiger partial charge in [-0.3, -0.25) is 10.1 Å². The summed E-state index contributed by atoms with van der Waals surface area (Å²) in [5, 5.41) is 16.2. The summed E-state index contributed by atoms with van der Waals surface area (Å²) in [6.45, 7) is 3.31. The summed E-state index contributed by atoms with van der Waals surface area (Å²) in [5.74, 6) is 0.983. The van der Waals surface area contributed by atoms with Crippen LogP contribution in [-0.2, 0) is 6.54 Å². The number of aromatic nitrogens is 2. The lowest BCUT2D eigenvalue weighted by molar-refractivity contribution is -0.384. The molecule has 7 nitrogen and oxygen atoms in total. The SMILES string of the molecule is CCCNc1ccc([N+](=O)[O-])c(N(C)Cc2cscn2)n1. The lowest BCUT2D eigenvalue weighted by Gasteiger charge is -2.17. The van der Waals surface area contributed by atoms with E-state index in [-0.39, 0.29) is 5.69 Å². The van der Waals surface area contributed by atoms with Crippen LogP contribution in [0.25, 0.3) is 0 Å². The Morgan fingerprint density at radius 1 is 1.48 bits per heavy atom. The number of nitrogens with one attached hydrogen (secondary N) is 1. The molecule has 0 saturated carbocycles. The molecule has 0 saturated heterocycles. The van der Waals surface area contributed by atoms with E-state index in [0.29, 0.717) is 18.2 Å². The van der Waals surface area contributed by atoms with E-state index in [9.17, 15) is 10.1 Å². The minimum absolute atomic E-state index is 0.00484. The van der Waals surface area contributed by atoms with Gasteiger partial charge in [0.25, 0.3) is 0 Å². The Morgan fingerprint density at radius 3 is 2.90 bits per heavy atom. The molecule has 2 aromatic heterocycles. The van der Waals surface area contributed by atoms with Crippen LogP contribution in [0.5, 0.6) is 0 Å². The van der Waals surface area contributed by atoms with Crippen molar-refractivity contribution >= 4 is 28.7 Å². The Labute approximate surface area is 126 Å². The van der Waals surface area contributed by atoms with Gasteiger partial charge in [-0.1, -0.05) is 6.92 Å². The average molecular weight is 307 g/mol. The fraction of sp³-hybridized carbons (Fsp3) is 0.385. The Bertz CT molecular complexity index is 603. The number of rotatable bonds is 7. The third-order valence-corrected chi connectivity index (χ3v) is 3.49. The predicted octanol–water partition coefficient (Wildman–Crippen LogP) is 2.90. The molecule has 2 rings (SSSR count). The molecule has 0 aliphatic heterocycles. The minimum atomic E-state index is -0.413. The molecule has 112 valence electrons. The highest BCUT2D eigenvalue weighted by molar-refractivity contribution is 7.07. The van der Waals surface area contributed by atoms with Crippen LogP contribution in [0.2, 0.25) is 0 Å². The molecule has 0 aliphatic carbocycles. The molecule has 0 radical (unpaired) electrons. The standard InChI is InChI=1S/C13H17N5O2S/c1-3-6-14-12-5-4-11(18(19)20)13(16-12)17(2)7-10-8-21-9-15-10/h4-5,8-9H,3,6-7H2,1-2H3,(H,14,16). The quantitative estimate of drug-likeness (QED) is 0.625. The highest BCUT2D eigenvalue weighted by Crippen LogP contribution is 2.27. The predicted molar refractivity (Wildman–Crippen MR) is 83.9 cm³/mol. The van der Waals surface area contributed by atoms with Crippen molar-refractivity contribution in [2.24, 2.45) is 0 Å². The first kappa shape index (κ1) is 15.2. The van der Waals surface area contributed by atoms with Gasteiger partial charge in [0.15, 0.2) is 0 Å². The summed E-state index contributed by atoms with van der Waals surface area (Å²) < 4.78 is 0. The number of pyridine rings is 1. The van der Waals surface area contributed by atoms with Gasteiger partial charge in [-0.2, -0.15) is 0 Å². The van der Waals surface area contributed by atoms with Crippen LogP contribution < -0.4 is 10.2 Å². The van der Waals surface area contributed by atoms with Gasteiger partial charge in [0.2, 0.25) is 5.82 Å². The highest BCUT2D eigenvalue weighted by atomic mass is 32.1. The largest absolute Gasteiger partial charge is 0.370 e. The van der Waals surface area contributed by atoms with Crippen LogP contribution in [0.4, 0.5) is 17.3 Å². The van der Waals surface area contributed by atoms with Crippen molar-refractivity contribution in [3.05, 3.63) is 38.8 Å². The van der Waals surface area contributed by atoms with E-state index >= 15 is 0 Å². The number of hydrogen-bond donors (Lipinski definition) is 1. The number of anilines is 2. The van der Waals surface area contributed by atoms with E-state index in [0.717, 1.165) is 18.7 Å². The van der Waals surface area contributed by atoms with Gasteiger partial charge >= 0.3 is 5.69 Å². The number of thiazole rings is 1. The molecule has 0 aliphatic rings. The molecule has 2 heterocycles. The van der Waals surface area contributed by atoms with E-state index in [2.05, 4.69) is 15.3 Å². The van der Waals surface area contributed by atoms with Crippen molar-refractivity contribution in [3.63, 3.8) is 0 Å². The Morgan fingerprint density at radius 2 is 2.29 bits per heavy atom. The second kappa shape index (κ2) is 6.98. The molecule has 2 aromatic rings. The van der Waals surface area contributed by atoms with Crippen LogP contribution in [0.3, 0.4) is 0 Å². The maximum absolute atomic E-state index is 11.2. The van der Waals surface area contributed by atoms with Crippen LogP contribution >= 0.6 is 11.3 Å². The molecule has 0 atom stereocenters. The van der Waals surface area contributed by atoms with Gasteiger partial charge < -0.3 is 10.2 Å². The van der Waals surface area contributed by atoms with Crippen molar-refractivity contribution in [2.45, 2.75) is 19.9 Å². The first-order valence-electron chi connectivity index (χ1n) is 6.59. The van der Waals surface area contributed by atoms with Crippen molar-refractivity contribution in [2.75, 3.05) is 23.8 Å². The first-order chi connectivity index (χ1) is 10.1. The van der Waals surface area contributed by atoms with Crippen molar-refractivity contribution in [1.29, 1.82) is 0 Å². The molecular weight excluding hydrogens is 290 g/mol. The van der Waals surface area contributed by atoms with Crippen molar-refractivity contribution in [3.8, 4) is 0 Å². The third kappa shape index (κ3) is 3.88. The number of hydrogen-bond acceptors (Lipinski definition) is 7. The van der Waals surface area contributed by atoms with Crippen molar-refractivity contribution in [1.82, 2.24) is 9.97 Å². The lowest BCUT2D eigenvalue weighted by Crippen LogP contribution is -2.20. The van der Waals surface area contributed by atoms with Gasteiger partial charge in [-0.15, -0.1) is 11.3 Å². The molecule has 0 bridgehead atoms. The van der Waals surface area contributed by atoms with Crippen LogP contribution in [0, 0.1) is 10.1 Å². The second-order valence-corrected chi connectivity index (χ2v) is 5.28. The Balaban J connectivity index is 2.26. The summed E-state index contributed by atoms with van der Waals surface area (Å²) in [7, 11) is 1.78. The summed E-state index contributed by atoms with van der Waals surface area (Å²) in [6.07, 6.45) is 0.961. The molecule has 0 amide bonds. The molecule has 1 N–H and O–H groups in total. The first-order valence-corrected chi connectivity index (χ1v) is 7.53. The normalized spacial score (nSPS) is 10.4. The summed E-state index contributed by atoms with van der Waals surface area (Å²) in [6, 6.07) is 3.12. The molecule has 0 unspecified atom stereocenters. The molecular formula is C13H17N5O2S. The minimum Gasteiger partial charge on any atom is -0.370 e. The van der Waals surface area contributed by atoms with Crippen LogP contribution in [0.15, 0.2) is 23.0 Å². The van der Waals surface area contributed by atoms with Crippen LogP contribution in [0.1, 0.15) is 19.0 Å². The van der Waals surface area contributed by atoms with E-state index in [4.69, 9.17) is 0 Å². The van der Waals surface area contributed by atoms with Gasteiger partial charge in [-0.05, 0) is 12.5 Å². The fourth-order valence-corrected chi connectivity index (χ4v) is 2.40. The third-order valence-electron chi connectivity index (χ3n) is 2.85. The zero-order chi connectivity index (χ0) is 15.2. The van der Waals surface area contributed by atoms with Gasteiger partial charge in [-0.25, -0.2) is 9.97 Å². The average Bonchev–Trinajstić information content (AvgIpc) is 2.97. The monoisotopic (exact) mass is 307 g/mol. The van der Waals surface area contributed by atoms with Gasteiger partial charge in [0, 0.05) is 25.0 Å². The topological polar surface area (TPSA) is 84.2 Å². The molecule has 8 heteroatoms. The van der Waals surface area contributed by atoms with E-state index < -0.39 is 4.92 Å². The smallest absolute Gasteiger partial charge is 0.311 e. The maximum Gasteiger partial charge on any atom is 0.311 e. The lowest BCUT2D eigenvalue weighted by atomic mass is 10.3. The van der Waals surface area contributed by atoms with Gasteiger partial charge in [0.05, 0.1) is 22.7 Å². The zero-order valence-electron chi connectivity index (χ0n) is 11.9. The van der Waals surface area contributed by atoms with E-state index in [1.807, 2.05) is 12.3 Å². The summed E-state index contributed by atoms with van der Waals surface area (Å²) >= 11 is 1.50. The van der Waals surface area contributed by atoms with Crippen molar-refractivity contribution < 1.29 is 4.92 Å². The molecule has 0 spiro atoms. The second-order valence-electron chi connectivity index (χ2n) is 4.56. The molecule has 0 aromatic carbocycles. The Hall–Kier alpha value is -2.22. The maximum atomic E-state index is 11.2. The molecule has 0 fully saturated rings. The summed E-state index contributed by atoms with van der Waals surface area (Å²) in [4.78, 5) is 21.0. The van der Waals surface area contributed by atoms with Gasteiger partial charge in [0.1, 0.15) is 5.82 Å². The number of nitro groups is 1. The van der Waals surface area contributed by atoms with E-state index in [1.165, 1.54) is 17.4 Å². The van der Waals surface area contributed by atoms with Crippen LogP contribution in [-0.4, -0.2) is 28.5 Å². The Kier molecular flexibility index (Phi) is 5.04. The van der Waals surface area contributed by atoms with E-state index in [1.54, 1.807) is 23.5 Å².